The molecule has 0 aromatic heterocycles. The minimum absolute atomic E-state index is 0.0982. The summed E-state index contributed by atoms with van der Waals surface area (Å²) in [5, 5.41) is 0. The van der Waals surface area contributed by atoms with Crippen molar-refractivity contribution >= 4 is 5.78 Å². The molecule has 1 aromatic rings. The first-order chi connectivity index (χ1) is 9.22. The van der Waals surface area contributed by atoms with Gasteiger partial charge in [-0.15, -0.1) is 0 Å². The number of benzene rings is 1. The van der Waals surface area contributed by atoms with E-state index in [1.165, 1.54) is 0 Å². The van der Waals surface area contributed by atoms with E-state index in [1.807, 2.05) is 13.8 Å². The van der Waals surface area contributed by atoms with Crippen molar-refractivity contribution < 1.29 is 19.0 Å². The van der Waals surface area contributed by atoms with Crippen molar-refractivity contribution in [2.45, 2.75) is 26.7 Å². The fraction of sp³-hybridized carbons (Fsp3) is 0.533. The molecule has 1 aromatic carbocycles. The van der Waals surface area contributed by atoms with E-state index in [0.29, 0.717) is 43.3 Å². The second-order valence-corrected chi connectivity index (χ2v) is 4.05. The first kappa shape index (κ1) is 15.5. The number of ether oxygens (including phenoxy) is 3. The molecule has 0 aliphatic heterocycles. The molecule has 0 unspecified atom stereocenters. The van der Waals surface area contributed by atoms with E-state index in [-0.39, 0.29) is 5.78 Å². The summed E-state index contributed by atoms with van der Waals surface area (Å²) in [4.78, 5) is 12.0. The van der Waals surface area contributed by atoms with Gasteiger partial charge < -0.3 is 14.2 Å². The number of methoxy groups -OCH3 is 1. The summed E-state index contributed by atoms with van der Waals surface area (Å²) < 4.78 is 15.9. The molecule has 4 nitrogen and oxygen atoms in total. The average molecular weight is 266 g/mol. The first-order valence-electron chi connectivity index (χ1n) is 6.64. The van der Waals surface area contributed by atoms with E-state index in [2.05, 4.69) is 0 Å². The van der Waals surface area contributed by atoms with Gasteiger partial charge in [0.2, 0.25) is 0 Å². The Morgan fingerprint density at radius 3 is 2.42 bits per heavy atom. The van der Waals surface area contributed by atoms with Gasteiger partial charge in [0.05, 0.1) is 13.2 Å². The lowest BCUT2D eigenvalue weighted by Gasteiger charge is -2.12. The van der Waals surface area contributed by atoms with Gasteiger partial charge in [0.15, 0.2) is 17.3 Å². The van der Waals surface area contributed by atoms with Crippen molar-refractivity contribution in [3.05, 3.63) is 23.8 Å². The molecule has 0 atom stereocenters. The standard InChI is InChI=1S/C15H22O4/c1-4-18-14-9-8-12(11-15(14)19-5-2)13(16)7-6-10-17-3/h8-9,11H,4-7,10H2,1-3H3. The van der Waals surface area contributed by atoms with Gasteiger partial charge in [-0.3, -0.25) is 4.79 Å². The second-order valence-electron chi connectivity index (χ2n) is 4.05. The van der Waals surface area contributed by atoms with Crippen LogP contribution in [0.1, 0.15) is 37.0 Å². The molecule has 4 heteroatoms. The molecule has 0 saturated carbocycles. The molecule has 0 spiro atoms. The van der Waals surface area contributed by atoms with Crippen LogP contribution in [0.2, 0.25) is 0 Å². The van der Waals surface area contributed by atoms with E-state index in [4.69, 9.17) is 14.2 Å². The van der Waals surface area contributed by atoms with Gasteiger partial charge in [-0.05, 0) is 38.5 Å². The number of rotatable bonds is 9. The monoisotopic (exact) mass is 266 g/mol. The highest BCUT2D eigenvalue weighted by Crippen LogP contribution is 2.29. The minimum Gasteiger partial charge on any atom is -0.490 e. The molecule has 0 heterocycles. The SMILES string of the molecule is CCOc1ccc(C(=O)CCCOC)cc1OCC. The second kappa shape index (κ2) is 8.53. The number of carbonyl (C=O) groups is 1. The summed E-state index contributed by atoms with van der Waals surface area (Å²) >= 11 is 0. The summed E-state index contributed by atoms with van der Waals surface area (Å²) in [6.07, 6.45) is 1.21. The Morgan fingerprint density at radius 2 is 1.79 bits per heavy atom. The molecule has 1 rings (SSSR count). The van der Waals surface area contributed by atoms with Crippen molar-refractivity contribution in [2.75, 3.05) is 26.9 Å². The lowest BCUT2D eigenvalue weighted by atomic mass is 10.1. The Hall–Kier alpha value is -1.55. The Bertz CT molecular complexity index is 401. The molecule has 0 N–H and O–H groups in total. The van der Waals surface area contributed by atoms with Crippen molar-refractivity contribution in [3.63, 3.8) is 0 Å². The van der Waals surface area contributed by atoms with Crippen LogP contribution in [0, 0.1) is 0 Å². The zero-order chi connectivity index (χ0) is 14.1. The van der Waals surface area contributed by atoms with Gasteiger partial charge in [0.25, 0.3) is 0 Å². The Labute approximate surface area is 114 Å². The van der Waals surface area contributed by atoms with Crippen LogP contribution in [-0.2, 0) is 4.74 Å². The molecule has 106 valence electrons. The number of Topliss-reactive ketones (excluding diaryl/α,β-unsaturated/α-hetero) is 1. The summed E-state index contributed by atoms with van der Waals surface area (Å²) in [6, 6.07) is 5.32. The normalized spacial score (nSPS) is 10.3. The van der Waals surface area contributed by atoms with E-state index >= 15 is 0 Å². The zero-order valence-electron chi connectivity index (χ0n) is 11.9. The van der Waals surface area contributed by atoms with Gasteiger partial charge in [0, 0.05) is 25.7 Å². The van der Waals surface area contributed by atoms with Gasteiger partial charge in [0.1, 0.15) is 0 Å². The third-order valence-electron chi connectivity index (χ3n) is 2.62. The van der Waals surface area contributed by atoms with Crippen molar-refractivity contribution in [1.82, 2.24) is 0 Å². The highest BCUT2D eigenvalue weighted by atomic mass is 16.5. The van der Waals surface area contributed by atoms with Crippen LogP contribution in [0.5, 0.6) is 11.5 Å². The molecular weight excluding hydrogens is 244 g/mol. The van der Waals surface area contributed by atoms with E-state index in [1.54, 1.807) is 25.3 Å². The fourth-order valence-electron chi connectivity index (χ4n) is 1.75. The Balaban J connectivity index is 2.78. The van der Waals surface area contributed by atoms with Crippen LogP contribution in [0.15, 0.2) is 18.2 Å². The molecular formula is C15H22O4. The maximum Gasteiger partial charge on any atom is 0.163 e. The van der Waals surface area contributed by atoms with Gasteiger partial charge in [-0.25, -0.2) is 0 Å². The fourth-order valence-corrected chi connectivity index (χ4v) is 1.75. The molecule has 19 heavy (non-hydrogen) atoms. The number of hydrogen-bond acceptors (Lipinski definition) is 4. The van der Waals surface area contributed by atoms with Crippen LogP contribution in [-0.4, -0.2) is 32.7 Å². The molecule has 0 aliphatic carbocycles. The third kappa shape index (κ3) is 4.91. The molecule has 0 aliphatic rings. The number of ketones is 1. The highest BCUT2D eigenvalue weighted by molar-refractivity contribution is 5.96. The van der Waals surface area contributed by atoms with Crippen molar-refractivity contribution in [3.8, 4) is 11.5 Å². The Kier molecular flexibility index (Phi) is 6.97. The first-order valence-corrected chi connectivity index (χ1v) is 6.64. The van der Waals surface area contributed by atoms with Gasteiger partial charge in [-0.1, -0.05) is 0 Å². The van der Waals surface area contributed by atoms with Crippen LogP contribution in [0.25, 0.3) is 0 Å². The van der Waals surface area contributed by atoms with E-state index in [9.17, 15) is 4.79 Å². The largest absolute Gasteiger partial charge is 0.490 e. The number of hydrogen-bond donors (Lipinski definition) is 0. The van der Waals surface area contributed by atoms with E-state index in [0.717, 1.165) is 6.42 Å². The van der Waals surface area contributed by atoms with Crippen molar-refractivity contribution in [1.29, 1.82) is 0 Å². The summed E-state index contributed by atoms with van der Waals surface area (Å²) in [5.74, 6) is 1.40. The van der Waals surface area contributed by atoms with Gasteiger partial charge >= 0.3 is 0 Å². The summed E-state index contributed by atoms with van der Waals surface area (Å²) in [6.45, 7) is 5.53. The maximum absolute atomic E-state index is 12.0. The smallest absolute Gasteiger partial charge is 0.163 e. The van der Waals surface area contributed by atoms with E-state index < -0.39 is 0 Å². The molecule has 0 radical (unpaired) electrons. The molecule has 0 saturated heterocycles. The lowest BCUT2D eigenvalue weighted by Crippen LogP contribution is -2.04. The minimum atomic E-state index is 0.0982. The van der Waals surface area contributed by atoms with Crippen LogP contribution in [0.3, 0.4) is 0 Å². The summed E-state index contributed by atoms with van der Waals surface area (Å²) in [5.41, 5.74) is 0.656. The van der Waals surface area contributed by atoms with Crippen LogP contribution >= 0.6 is 0 Å². The predicted molar refractivity (Wildman–Crippen MR) is 74.2 cm³/mol. The van der Waals surface area contributed by atoms with Crippen LogP contribution < -0.4 is 9.47 Å². The molecule has 0 fully saturated rings. The maximum atomic E-state index is 12.0. The quantitative estimate of drug-likeness (QED) is 0.509. The van der Waals surface area contributed by atoms with Crippen LogP contribution in [0.4, 0.5) is 0 Å². The van der Waals surface area contributed by atoms with Crippen molar-refractivity contribution in [2.24, 2.45) is 0 Å². The lowest BCUT2D eigenvalue weighted by molar-refractivity contribution is 0.0963. The highest BCUT2D eigenvalue weighted by Gasteiger charge is 2.11. The molecule has 0 amide bonds. The topological polar surface area (TPSA) is 44.8 Å². The predicted octanol–water partition coefficient (Wildman–Crippen LogP) is 3.09. The Morgan fingerprint density at radius 1 is 1.11 bits per heavy atom. The zero-order valence-corrected chi connectivity index (χ0v) is 11.9. The third-order valence-corrected chi connectivity index (χ3v) is 2.62. The van der Waals surface area contributed by atoms with Gasteiger partial charge in [-0.2, -0.15) is 0 Å². The number of carbonyl (C=O) groups excluding carboxylic acids is 1. The molecule has 0 bridgehead atoms. The summed E-state index contributed by atoms with van der Waals surface area (Å²) in [7, 11) is 1.63. The average Bonchev–Trinajstić information content (AvgIpc) is 2.41.